The molecule has 0 aromatic heterocycles. The van der Waals surface area contributed by atoms with Crippen LogP contribution in [0.2, 0.25) is 0 Å². The van der Waals surface area contributed by atoms with Gasteiger partial charge in [0.05, 0.1) is 5.92 Å². The fourth-order valence-corrected chi connectivity index (χ4v) is 3.65. The van der Waals surface area contributed by atoms with Gasteiger partial charge in [-0.3, -0.25) is 4.79 Å². The maximum Gasteiger partial charge on any atom is 0.230 e. The van der Waals surface area contributed by atoms with Gasteiger partial charge >= 0.3 is 0 Å². The molecule has 1 saturated carbocycles. The molecule has 1 N–H and O–H groups in total. The van der Waals surface area contributed by atoms with E-state index in [-0.39, 0.29) is 5.92 Å². The molecule has 1 atom stereocenters. The highest BCUT2D eigenvalue weighted by Gasteiger charge is 2.34. The van der Waals surface area contributed by atoms with Gasteiger partial charge in [-0.25, -0.2) is 0 Å². The first kappa shape index (κ1) is 13.6. The Labute approximate surface area is 121 Å². The smallest absolute Gasteiger partial charge is 0.230 e. The second-order valence-corrected chi connectivity index (χ2v) is 6.01. The lowest BCUT2D eigenvalue weighted by Gasteiger charge is -2.33. The van der Waals surface area contributed by atoms with Crippen LogP contribution in [0.15, 0.2) is 30.3 Å². The van der Waals surface area contributed by atoms with E-state index in [0.29, 0.717) is 11.8 Å². The van der Waals surface area contributed by atoms with E-state index in [4.69, 9.17) is 0 Å². The fourth-order valence-electron chi connectivity index (χ4n) is 3.65. The lowest BCUT2D eigenvalue weighted by atomic mass is 9.83. The highest BCUT2D eigenvalue weighted by molar-refractivity contribution is 5.84. The van der Waals surface area contributed by atoms with Gasteiger partial charge in [0.25, 0.3) is 0 Å². The number of carbonyl (C=O) groups is 1. The van der Waals surface area contributed by atoms with Crippen molar-refractivity contribution in [2.45, 2.75) is 31.6 Å². The molecule has 20 heavy (non-hydrogen) atoms. The molecule has 1 saturated heterocycles. The van der Waals surface area contributed by atoms with Gasteiger partial charge in [-0.1, -0.05) is 43.2 Å². The summed E-state index contributed by atoms with van der Waals surface area (Å²) in [5.74, 6) is 0.973. The Bertz CT molecular complexity index is 434. The molecule has 2 fully saturated rings. The minimum atomic E-state index is 0.0804. The molecule has 0 radical (unpaired) electrons. The topological polar surface area (TPSA) is 32.3 Å². The number of carbonyl (C=O) groups excluding carboxylic acids is 1. The summed E-state index contributed by atoms with van der Waals surface area (Å²) >= 11 is 0. The summed E-state index contributed by atoms with van der Waals surface area (Å²) < 4.78 is 0. The average molecular weight is 272 g/mol. The van der Waals surface area contributed by atoms with Crippen molar-refractivity contribution in [1.29, 1.82) is 0 Å². The third kappa shape index (κ3) is 2.88. The van der Waals surface area contributed by atoms with Gasteiger partial charge in [-0.05, 0) is 24.3 Å². The number of hydrogen-bond acceptors (Lipinski definition) is 2. The van der Waals surface area contributed by atoms with Crippen LogP contribution in [0.1, 0.15) is 37.2 Å². The Morgan fingerprint density at radius 2 is 1.75 bits per heavy atom. The highest BCUT2D eigenvalue weighted by Crippen LogP contribution is 2.38. The number of amides is 1. The van der Waals surface area contributed by atoms with Crippen molar-refractivity contribution >= 4 is 5.91 Å². The highest BCUT2D eigenvalue weighted by atomic mass is 16.2. The van der Waals surface area contributed by atoms with Crippen molar-refractivity contribution in [3.8, 4) is 0 Å². The van der Waals surface area contributed by atoms with Crippen LogP contribution in [0.5, 0.6) is 0 Å². The fraction of sp³-hybridized carbons (Fsp3) is 0.588. The average Bonchev–Trinajstić information content (AvgIpc) is 3.03. The molecule has 0 spiro atoms. The normalized spacial score (nSPS) is 21.9. The predicted octanol–water partition coefficient (Wildman–Crippen LogP) is 2.39. The molecular formula is C17H24N2O. The van der Waals surface area contributed by atoms with Crippen molar-refractivity contribution in [3.05, 3.63) is 35.9 Å². The molecule has 1 aliphatic carbocycles. The summed E-state index contributed by atoms with van der Waals surface area (Å²) in [7, 11) is 0. The first-order valence-electron chi connectivity index (χ1n) is 7.91. The number of hydrogen-bond donors (Lipinski definition) is 1. The van der Waals surface area contributed by atoms with E-state index in [2.05, 4.69) is 34.5 Å². The van der Waals surface area contributed by atoms with Gasteiger partial charge in [0.15, 0.2) is 0 Å². The second kappa shape index (κ2) is 6.40. The number of piperazine rings is 1. The molecule has 3 nitrogen and oxygen atoms in total. The minimum Gasteiger partial charge on any atom is -0.340 e. The zero-order valence-corrected chi connectivity index (χ0v) is 12.1. The van der Waals surface area contributed by atoms with Crippen LogP contribution < -0.4 is 5.32 Å². The Morgan fingerprint density at radius 3 is 2.40 bits per heavy atom. The van der Waals surface area contributed by atoms with Crippen LogP contribution in [0.25, 0.3) is 0 Å². The molecule has 3 heteroatoms. The van der Waals surface area contributed by atoms with E-state index >= 15 is 0 Å². The Hall–Kier alpha value is -1.35. The molecule has 2 aliphatic rings. The van der Waals surface area contributed by atoms with Gasteiger partial charge in [0, 0.05) is 26.2 Å². The van der Waals surface area contributed by atoms with E-state index in [0.717, 1.165) is 26.2 Å². The van der Waals surface area contributed by atoms with Crippen LogP contribution in [0.4, 0.5) is 0 Å². The first-order valence-corrected chi connectivity index (χ1v) is 7.91. The molecule has 1 heterocycles. The first-order chi connectivity index (χ1) is 9.86. The third-order valence-electron chi connectivity index (χ3n) is 4.72. The van der Waals surface area contributed by atoms with E-state index < -0.39 is 0 Å². The number of benzene rings is 1. The van der Waals surface area contributed by atoms with Gasteiger partial charge < -0.3 is 10.2 Å². The lowest BCUT2D eigenvalue weighted by molar-refractivity contribution is -0.134. The molecule has 1 aromatic rings. The van der Waals surface area contributed by atoms with E-state index in [1.54, 1.807) is 0 Å². The van der Waals surface area contributed by atoms with Crippen molar-refractivity contribution in [2.24, 2.45) is 5.92 Å². The van der Waals surface area contributed by atoms with Crippen LogP contribution in [-0.2, 0) is 4.79 Å². The molecule has 1 amide bonds. The number of rotatable bonds is 3. The van der Waals surface area contributed by atoms with Gasteiger partial charge in [0.1, 0.15) is 0 Å². The van der Waals surface area contributed by atoms with Gasteiger partial charge in [-0.2, -0.15) is 0 Å². The quantitative estimate of drug-likeness (QED) is 0.916. The van der Waals surface area contributed by atoms with Crippen molar-refractivity contribution in [3.63, 3.8) is 0 Å². The van der Waals surface area contributed by atoms with Crippen LogP contribution in [-0.4, -0.2) is 37.0 Å². The lowest BCUT2D eigenvalue weighted by Crippen LogP contribution is -2.48. The zero-order valence-electron chi connectivity index (χ0n) is 12.1. The van der Waals surface area contributed by atoms with Crippen molar-refractivity contribution < 1.29 is 4.79 Å². The van der Waals surface area contributed by atoms with E-state index in [9.17, 15) is 4.79 Å². The third-order valence-corrected chi connectivity index (χ3v) is 4.72. The summed E-state index contributed by atoms with van der Waals surface area (Å²) in [6, 6.07) is 10.4. The molecule has 1 unspecified atom stereocenters. The molecule has 0 bridgehead atoms. The summed E-state index contributed by atoms with van der Waals surface area (Å²) in [6.07, 6.45) is 4.97. The van der Waals surface area contributed by atoms with Crippen LogP contribution in [0, 0.1) is 5.92 Å². The van der Waals surface area contributed by atoms with E-state index in [1.807, 2.05) is 6.07 Å². The maximum absolute atomic E-state index is 13.0. The summed E-state index contributed by atoms with van der Waals surface area (Å²) in [5.41, 5.74) is 1.21. The maximum atomic E-state index is 13.0. The molecular weight excluding hydrogens is 248 g/mol. The predicted molar refractivity (Wildman–Crippen MR) is 80.6 cm³/mol. The molecule has 1 aromatic carbocycles. The summed E-state index contributed by atoms with van der Waals surface area (Å²) in [5, 5.41) is 3.32. The second-order valence-electron chi connectivity index (χ2n) is 6.01. The Morgan fingerprint density at radius 1 is 1.10 bits per heavy atom. The standard InChI is InChI=1S/C17H24N2O/c20-17(19-12-10-18-11-13-19)16(15-8-4-5-9-15)14-6-2-1-3-7-14/h1-3,6-7,15-16,18H,4-5,8-13H2. The minimum absolute atomic E-state index is 0.0804. The summed E-state index contributed by atoms with van der Waals surface area (Å²) in [4.78, 5) is 15.0. The van der Waals surface area contributed by atoms with Crippen LogP contribution in [0.3, 0.4) is 0 Å². The largest absolute Gasteiger partial charge is 0.340 e. The van der Waals surface area contributed by atoms with Crippen molar-refractivity contribution in [2.75, 3.05) is 26.2 Å². The summed E-state index contributed by atoms with van der Waals surface area (Å²) in [6.45, 7) is 3.57. The zero-order chi connectivity index (χ0) is 13.8. The molecule has 3 rings (SSSR count). The van der Waals surface area contributed by atoms with Gasteiger partial charge in [-0.15, -0.1) is 0 Å². The SMILES string of the molecule is O=C(C(c1ccccc1)C1CCCC1)N1CCNCC1. The number of nitrogens with zero attached hydrogens (tertiary/aromatic N) is 1. The number of nitrogens with one attached hydrogen (secondary N) is 1. The van der Waals surface area contributed by atoms with Crippen LogP contribution >= 0.6 is 0 Å². The Kier molecular flexibility index (Phi) is 4.36. The van der Waals surface area contributed by atoms with E-state index in [1.165, 1.54) is 31.2 Å². The molecule has 108 valence electrons. The Balaban J connectivity index is 1.82. The molecule has 1 aliphatic heterocycles. The van der Waals surface area contributed by atoms with Crippen molar-refractivity contribution in [1.82, 2.24) is 10.2 Å². The van der Waals surface area contributed by atoms with Gasteiger partial charge in [0.2, 0.25) is 5.91 Å². The monoisotopic (exact) mass is 272 g/mol.